The Kier molecular flexibility index (Phi) is 4.28. The Morgan fingerprint density at radius 1 is 1.09 bits per heavy atom. The molecule has 0 aliphatic heterocycles. The smallest absolute Gasteiger partial charge is 0.344 e. The van der Waals surface area contributed by atoms with Crippen LogP contribution in [0.5, 0.6) is 5.75 Å². The molecule has 118 valence electrons. The van der Waals surface area contributed by atoms with Gasteiger partial charge in [0.15, 0.2) is 18.8 Å². The van der Waals surface area contributed by atoms with E-state index < -0.39 is 5.97 Å². The Bertz CT molecular complexity index is 785. The van der Waals surface area contributed by atoms with E-state index in [4.69, 9.17) is 13.9 Å². The lowest BCUT2D eigenvalue weighted by atomic mass is 10.1. The number of oxazole rings is 1. The molecule has 0 unspecified atom stereocenters. The predicted molar refractivity (Wildman–Crippen MR) is 85.2 cm³/mol. The van der Waals surface area contributed by atoms with E-state index in [2.05, 4.69) is 4.98 Å². The molecule has 0 fully saturated rings. The molecule has 1 aromatic heterocycles. The minimum Gasteiger partial charge on any atom is -0.481 e. The number of hydrogen-bond acceptors (Lipinski definition) is 5. The summed E-state index contributed by atoms with van der Waals surface area (Å²) in [5.74, 6) is 0.618. The number of ether oxygens (including phenoxy) is 2. The summed E-state index contributed by atoms with van der Waals surface area (Å²) < 4.78 is 16.2. The molecule has 5 heteroatoms. The van der Waals surface area contributed by atoms with Crippen LogP contribution in [-0.4, -0.2) is 17.6 Å². The molecule has 0 bridgehead atoms. The summed E-state index contributed by atoms with van der Waals surface area (Å²) in [6, 6.07) is 13.2. The van der Waals surface area contributed by atoms with Crippen LogP contribution in [0.3, 0.4) is 0 Å². The standard InChI is InChI=1S/C18H17NO4/c1-12-6-5-7-13(2)18(12)22-11-17(20)21-10-16-19-14-8-3-4-9-15(14)23-16/h3-9H,10-11H2,1-2H3. The van der Waals surface area contributed by atoms with Crippen molar-refractivity contribution in [3.8, 4) is 5.75 Å². The Morgan fingerprint density at radius 2 is 1.83 bits per heavy atom. The van der Waals surface area contributed by atoms with Crippen LogP contribution < -0.4 is 4.74 Å². The van der Waals surface area contributed by atoms with E-state index in [1.165, 1.54) is 0 Å². The molecular formula is C18H17NO4. The average molecular weight is 311 g/mol. The summed E-state index contributed by atoms with van der Waals surface area (Å²) in [5.41, 5.74) is 3.38. The fourth-order valence-electron chi connectivity index (χ4n) is 2.32. The molecule has 0 radical (unpaired) electrons. The third kappa shape index (κ3) is 3.51. The normalized spacial score (nSPS) is 10.7. The number of carbonyl (C=O) groups excluding carboxylic acids is 1. The van der Waals surface area contributed by atoms with E-state index in [9.17, 15) is 4.79 Å². The number of aryl methyl sites for hydroxylation is 2. The third-order valence-electron chi connectivity index (χ3n) is 3.44. The number of rotatable bonds is 5. The number of carbonyl (C=O) groups is 1. The van der Waals surface area contributed by atoms with Crippen LogP contribution in [0.25, 0.3) is 11.1 Å². The first-order valence-corrected chi connectivity index (χ1v) is 7.32. The van der Waals surface area contributed by atoms with Crippen LogP contribution in [0.15, 0.2) is 46.9 Å². The first kappa shape index (κ1) is 15.1. The number of benzene rings is 2. The van der Waals surface area contributed by atoms with Crippen molar-refractivity contribution in [1.29, 1.82) is 0 Å². The van der Waals surface area contributed by atoms with E-state index in [0.29, 0.717) is 17.2 Å². The van der Waals surface area contributed by atoms with E-state index in [-0.39, 0.29) is 13.2 Å². The van der Waals surface area contributed by atoms with Gasteiger partial charge in [0.25, 0.3) is 0 Å². The van der Waals surface area contributed by atoms with Gasteiger partial charge in [-0.15, -0.1) is 0 Å². The summed E-state index contributed by atoms with van der Waals surface area (Å²) in [6.07, 6.45) is 0. The summed E-state index contributed by atoms with van der Waals surface area (Å²) >= 11 is 0. The molecule has 0 spiro atoms. The second-order valence-electron chi connectivity index (χ2n) is 5.25. The quantitative estimate of drug-likeness (QED) is 0.674. The van der Waals surface area contributed by atoms with Crippen molar-refractivity contribution in [2.45, 2.75) is 20.5 Å². The molecule has 0 aliphatic rings. The Labute approximate surface area is 133 Å². The Balaban J connectivity index is 1.55. The van der Waals surface area contributed by atoms with Gasteiger partial charge in [-0.1, -0.05) is 30.3 Å². The SMILES string of the molecule is Cc1cccc(C)c1OCC(=O)OCc1nc2ccccc2o1. The lowest BCUT2D eigenvalue weighted by molar-refractivity contribution is -0.148. The van der Waals surface area contributed by atoms with Crippen molar-refractivity contribution in [2.24, 2.45) is 0 Å². The molecule has 2 aromatic carbocycles. The van der Waals surface area contributed by atoms with E-state index in [0.717, 1.165) is 16.6 Å². The number of hydrogen-bond donors (Lipinski definition) is 0. The van der Waals surface area contributed by atoms with Crippen molar-refractivity contribution >= 4 is 17.1 Å². The summed E-state index contributed by atoms with van der Waals surface area (Å²) in [7, 11) is 0. The number of esters is 1. The van der Waals surface area contributed by atoms with Crippen LogP contribution in [0.2, 0.25) is 0 Å². The minimum atomic E-state index is -0.463. The highest BCUT2D eigenvalue weighted by molar-refractivity contribution is 5.73. The number of para-hydroxylation sites is 3. The molecule has 1 heterocycles. The molecule has 0 N–H and O–H groups in total. The molecule has 0 atom stereocenters. The lowest BCUT2D eigenvalue weighted by Crippen LogP contribution is -2.15. The molecular weight excluding hydrogens is 294 g/mol. The predicted octanol–water partition coefficient (Wildman–Crippen LogP) is 3.57. The second-order valence-corrected chi connectivity index (χ2v) is 5.25. The van der Waals surface area contributed by atoms with Gasteiger partial charge >= 0.3 is 5.97 Å². The van der Waals surface area contributed by atoms with Crippen LogP contribution in [-0.2, 0) is 16.1 Å². The maximum Gasteiger partial charge on any atom is 0.344 e. The highest BCUT2D eigenvalue weighted by Gasteiger charge is 2.11. The molecule has 0 saturated heterocycles. The topological polar surface area (TPSA) is 61.6 Å². The molecule has 0 aliphatic carbocycles. The van der Waals surface area contributed by atoms with Crippen molar-refractivity contribution < 1.29 is 18.7 Å². The maximum atomic E-state index is 11.8. The molecule has 3 rings (SSSR count). The Morgan fingerprint density at radius 3 is 2.57 bits per heavy atom. The van der Waals surface area contributed by atoms with Crippen molar-refractivity contribution in [1.82, 2.24) is 4.98 Å². The van der Waals surface area contributed by atoms with Gasteiger partial charge in [0.1, 0.15) is 11.3 Å². The molecule has 0 saturated carbocycles. The lowest BCUT2D eigenvalue weighted by Gasteiger charge is -2.11. The van der Waals surface area contributed by atoms with E-state index in [1.807, 2.05) is 56.3 Å². The number of nitrogens with zero attached hydrogens (tertiary/aromatic N) is 1. The zero-order chi connectivity index (χ0) is 16.2. The molecule has 3 aromatic rings. The van der Waals surface area contributed by atoms with E-state index >= 15 is 0 Å². The average Bonchev–Trinajstić information content (AvgIpc) is 2.95. The summed E-state index contributed by atoms with van der Waals surface area (Å²) in [4.78, 5) is 16.1. The fraction of sp³-hybridized carbons (Fsp3) is 0.222. The zero-order valence-electron chi connectivity index (χ0n) is 13.0. The summed E-state index contributed by atoms with van der Waals surface area (Å²) in [5, 5.41) is 0. The van der Waals surface area contributed by atoms with E-state index in [1.54, 1.807) is 0 Å². The van der Waals surface area contributed by atoms with Crippen molar-refractivity contribution in [3.05, 3.63) is 59.5 Å². The van der Waals surface area contributed by atoms with Gasteiger partial charge in [-0.05, 0) is 37.1 Å². The molecule has 5 nitrogen and oxygen atoms in total. The molecule has 23 heavy (non-hydrogen) atoms. The van der Waals surface area contributed by atoms with Crippen LogP contribution in [0.4, 0.5) is 0 Å². The van der Waals surface area contributed by atoms with Gasteiger partial charge in [-0.25, -0.2) is 9.78 Å². The highest BCUT2D eigenvalue weighted by Crippen LogP contribution is 2.22. The van der Waals surface area contributed by atoms with Crippen molar-refractivity contribution in [2.75, 3.05) is 6.61 Å². The maximum absolute atomic E-state index is 11.8. The zero-order valence-corrected chi connectivity index (χ0v) is 13.0. The Hall–Kier alpha value is -2.82. The second kappa shape index (κ2) is 6.52. The number of fused-ring (bicyclic) bond motifs is 1. The van der Waals surface area contributed by atoms with Gasteiger partial charge in [0.2, 0.25) is 5.89 Å². The monoisotopic (exact) mass is 311 g/mol. The number of aromatic nitrogens is 1. The van der Waals surface area contributed by atoms with Crippen molar-refractivity contribution in [3.63, 3.8) is 0 Å². The van der Waals surface area contributed by atoms with Gasteiger partial charge in [0, 0.05) is 0 Å². The highest BCUT2D eigenvalue weighted by atomic mass is 16.6. The van der Waals surface area contributed by atoms with Gasteiger partial charge < -0.3 is 13.9 Å². The largest absolute Gasteiger partial charge is 0.481 e. The van der Waals surface area contributed by atoms with Crippen LogP contribution in [0, 0.1) is 13.8 Å². The first-order valence-electron chi connectivity index (χ1n) is 7.32. The third-order valence-corrected chi connectivity index (χ3v) is 3.44. The van der Waals surface area contributed by atoms with Gasteiger partial charge in [-0.3, -0.25) is 0 Å². The summed E-state index contributed by atoms with van der Waals surface area (Å²) in [6.45, 7) is 3.72. The molecule has 0 amide bonds. The van der Waals surface area contributed by atoms with Gasteiger partial charge in [-0.2, -0.15) is 0 Å². The van der Waals surface area contributed by atoms with Crippen LogP contribution in [0.1, 0.15) is 17.0 Å². The van der Waals surface area contributed by atoms with Crippen LogP contribution >= 0.6 is 0 Å². The fourth-order valence-corrected chi connectivity index (χ4v) is 2.32. The first-order chi connectivity index (χ1) is 11.1. The minimum absolute atomic E-state index is 0.0103. The van der Waals surface area contributed by atoms with Gasteiger partial charge in [0.05, 0.1) is 0 Å².